The van der Waals surface area contributed by atoms with Crippen LogP contribution in [0.1, 0.15) is 137 Å². The molecule has 1 aromatic rings. The Bertz CT molecular complexity index is 1730. The van der Waals surface area contributed by atoms with Crippen LogP contribution in [0, 0.1) is 63.1 Å². The largest absolute Gasteiger partial charge is 0.519 e. The van der Waals surface area contributed by atoms with Crippen LogP contribution in [-0.2, 0) is 35.3 Å². The van der Waals surface area contributed by atoms with Crippen LogP contribution in [0.4, 0.5) is 0 Å². The van der Waals surface area contributed by atoms with Crippen molar-refractivity contribution in [2.75, 3.05) is 0 Å². The zero-order chi connectivity index (χ0) is 36.9. The van der Waals surface area contributed by atoms with Gasteiger partial charge in [-0.3, -0.25) is 19.2 Å². The molecule has 5 fully saturated rings. The summed E-state index contributed by atoms with van der Waals surface area (Å²) in [7, 11) is 0. The third-order valence-corrected chi connectivity index (χ3v) is 16.3. The van der Waals surface area contributed by atoms with Crippen molar-refractivity contribution in [2.24, 2.45) is 56.2 Å². The Morgan fingerprint density at radius 3 is 2.22 bits per heavy atom. The first-order valence-electron chi connectivity index (χ1n) is 19.3. The molecule has 0 aliphatic heterocycles. The molecule has 0 saturated heterocycles. The normalized spacial score (nSPS) is 43.6. The highest BCUT2D eigenvalue weighted by atomic mass is 16.6. The maximum absolute atomic E-state index is 14.9. The Balaban J connectivity index is 1.26. The van der Waals surface area contributed by atoms with Crippen molar-refractivity contribution in [2.45, 2.75) is 145 Å². The van der Waals surface area contributed by atoms with Gasteiger partial charge in [0.25, 0.3) is 0 Å². The van der Waals surface area contributed by atoms with E-state index >= 15 is 0 Å². The summed E-state index contributed by atoms with van der Waals surface area (Å²) in [6.45, 7) is 14.0. The highest BCUT2D eigenvalue weighted by Crippen LogP contribution is 2.75. The van der Waals surface area contributed by atoms with E-state index < -0.39 is 45.5 Å². The van der Waals surface area contributed by atoms with Gasteiger partial charge in [0, 0.05) is 5.92 Å². The van der Waals surface area contributed by atoms with Gasteiger partial charge < -0.3 is 23.4 Å². The van der Waals surface area contributed by atoms with E-state index in [4.69, 9.17) is 18.3 Å². The van der Waals surface area contributed by atoms with Crippen molar-refractivity contribution in [3.8, 4) is 0 Å². The van der Waals surface area contributed by atoms with Crippen molar-refractivity contribution < 1.29 is 42.6 Å². The lowest BCUT2D eigenvalue weighted by molar-refractivity contribution is -0.225. The Morgan fingerprint density at radius 2 is 1.57 bits per heavy atom. The van der Waals surface area contributed by atoms with Gasteiger partial charge in [-0.15, -0.1) is 0 Å². The summed E-state index contributed by atoms with van der Waals surface area (Å²) < 4.78 is 22.4. The smallest absolute Gasteiger partial charge is 0.481 e. The molecule has 51 heavy (non-hydrogen) atoms. The molecule has 0 amide bonds. The fourth-order valence-electron chi connectivity index (χ4n) is 12.7. The van der Waals surface area contributed by atoms with E-state index in [2.05, 4.69) is 27.7 Å². The summed E-state index contributed by atoms with van der Waals surface area (Å²) in [5, 5.41) is 10.3. The Morgan fingerprint density at radius 1 is 0.882 bits per heavy atom. The summed E-state index contributed by atoms with van der Waals surface area (Å²) in [4.78, 5) is 67.2. The molecule has 0 bridgehead atoms. The first-order valence-corrected chi connectivity index (χ1v) is 19.3. The predicted molar refractivity (Wildman–Crippen MR) is 185 cm³/mol. The third-order valence-electron chi connectivity index (χ3n) is 16.3. The minimum atomic E-state index is -1.26. The van der Waals surface area contributed by atoms with Crippen molar-refractivity contribution in [1.82, 2.24) is 0 Å². The quantitative estimate of drug-likeness (QED) is 0.291. The number of carbonyl (C=O) groups excluding carboxylic acids is 3. The lowest BCUT2D eigenvalue weighted by atomic mass is 9.33. The van der Waals surface area contributed by atoms with Gasteiger partial charge in [0.1, 0.15) is 11.5 Å². The number of allylic oxidation sites excluding steroid dienone is 2. The lowest BCUT2D eigenvalue weighted by Gasteiger charge is -2.70. The molecular formula is C41H56O10. The van der Waals surface area contributed by atoms with E-state index in [1.165, 1.54) is 0 Å². The lowest BCUT2D eigenvalue weighted by Crippen LogP contribution is -2.68. The fraction of sp³-hybridized carbons (Fsp3) is 0.780. The summed E-state index contributed by atoms with van der Waals surface area (Å²) in [6.07, 6.45) is 10.9. The second-order valence-electron chi connectivity index (χ2n) is 18.8. The second-order valence-corrected chi connectivity index (χ2v) is 18.8. The summed E-state index contributed by atoms with van der Waals surface area (Å²) in [6, 6.07) is 0. The monoisotopic (exact) mass is 708 g/mol. The van der Waals surface area contributed by atoms with Crippen LogP contribution in [0.15, 0.2) is 25.3 Å². The average molecular weight is 709 g/mol. The number of aliphatic carboxylic acids is 1. The highest BCUT2D eigenvalue weighted by Gasteiger charge is 2.72. The van der Waals surface area contributed by atoms with Gasteiger partial charge >= 0.3 is 23.7 Å². The molecule has 7 rings (SSSR count). The van der Waals surface area contributed by atoms with Crippen molar-refractivity contribution in [3.63, 3.8) is 0 Å². The van der Waals surface area contributed by atoms with Crippen molar-refractivity contribution >= 4 is 23.7 Å². The average Bonchev–Trinajstić information content (AvgIpc) is 3.72. The zero-order valence-electron chi connectivity index (χ0n) is 31.5. The molecule has 2 unspecified atom stereocenters. The van der Waals surface area contributed by atoms with E-state index in [0.717, 1.165) is 50.5 Å². The summed E-state index contributed by atoms with van der Waals surface area (Å²) in [5.41, 5.74) is -2.37. The Kier molecular flexibility index (Phi) is 8.46. The maximum atomic E-state index is 14.9. The molecule has 0 spiro atoms. The van der Waals surface area contributed by atoms with Gasteiger partial charge in [-0.1, -0.05) is 46.1 Å². The van der Waals surface area contributed by atoms with Gasteiger partial charge in [-0.2, -0.15) is 0 Å². The minimum Gasteiger partial charge on any atom is -0.481 e. The number of fused-ring (bicyclic) bond motifs is 7. The van der Waals surface area contributed by atoms with Crippen molar-refractivity contribution in [1.29, 1.82) is 0 Å². The molecule has 6 aliphatic rings. The molecule has 10 atom stereocenters. The van der Waals surface area contributed by atoms with Gasteiger partial charge in [0.05, 0.1) is 11.3 Å². The molecule has 10 nitrogen and oxygen atoms in total. The van der Waals surface area contributed by atoms with Crippen LogP contribution >= 0.6 is 0 Å². The Labute approximate surface area is 300 Å². The summed E-state index contributed by atoms with van der Waals surface area (Å²) >= 11 is 0. The fourth-order valence-corrected chi connectivity index (χ4v) is 12.7. The summed E-state index contributed by atoms with van der Waals surface area (Å²) in [5.74, 6) is -2.89. The number of carbonyl (C=O) groups is 4. The van der Waals surface area contributed by atoms with Crippen LogP contribution in [0.5, 0.6) is 0 Å². The molecule has 6 aliphatic carbocycles. The first kappa shape index (κ1) is 36.2. The van der Waals surface area contributed by atoms with E-state index in [0.29, 0.717) is 38.5 Å². The minimum absolute atomic E-state index is 0.00997. The Hall–Kier alpha value is -3.17. The van der Waals surface area contributed by atoms with Gasteiger partial charge in [-0.25, -0.2) is 4.79 Å². The van der Waals surface area contributed by atoms with E-state index in [9.17, 15) is 29.1 Å². The number of aryl methyl sites for hydroxylation is 1. The second kappa shape index (κ2) is 11.9. The first-order chi connectivity index (χ1) is 23.8. The van der Waals surface area contributed by atoms with Gasteiger partial charge in [0.15, 0.2) is 23.9 Å². The number of hydrogen-bond acceptors (Lipinski definition) is 9. The topological polar surface area (TPSA) is 150 Å². The molecule has 10 heteroatoms. The molecule has 0 aromatic carbocycles. The number of carboxylic acids is 1. The van der Waals surface area contributed by atoms with Crippen LogP contribution in [0.25, 0.3) is 0 Å². The molecule has 280 valence electrons. The highest BCUT2D eigenvalue weighted by molar-refractivity contribution is 5.96. The van der Waals surface area contributed by atoms with Gasteiger partial charge in [-0.05, 0) is 131 Å². The number of esters is 2. The molecule has 5 saturated carbocycles. The van der Waals surface area contributed by atoms with Gasteiger partial charge in [0.2, 0.25) is 0 Å². The van der Waals surface area contributed by atoms with Crippen LogP contribution in [-0.4, -0.2) is 34.9 Å². The maximum Gasteiger partial charge on any atom is 0.519 e. The molecule has 1 heterocycles. The zero-order valence-corrected chi connectivity index (χ0v) is 31.5. The number of ketones is 1. The standard InChI is InChI=1S/C41H56O10/c1-23-28(50-35(47)49-23)22-48-34(46)41(7)29-12-15-40(6)31(38(29,4)14-13-30(41)51-32(43)24-10-8-9-11-24)27(42)20-25-26-21-37(3,33(44)45)17-16-36(26,2)18-19-39(25,40)5/h20,24,26,29-31H,8-19,21-22H2,1-7H3,(H,44,45)/t26?,29?,30-,31+,36+,37-,38-,39+,40+,41-/m0/s1. The van der Waals surface area contributed by atoms with Crippen LogP contribution < -0.4 is 5.82 Å². The van der Waals surface area contributed by atoms with E-state index in [1.807, 2.05) is 19.9 Å². The van der Waals surface area contributed by atoms with E-state index in [1.54, 1.807) is 6.92 Å². The third kappa shape index (κ3) is 5.18. The van der Waals surface area contributed by atoms with Crippen molar-refractivity contribution in [3.05, 3.63) is 33.8 Å². The van der Waals surface area contributed by atoms with Crippen LogP contribution in [0.3, 0.4) is 0 Å². The van der Waals surface area contributed by atoms with Crippen LogP contribution in [0.2, 0.25) is 0 Å². The molecule has 1 N–H and O–H groups in total. The number of ether oxygens (including phenoxy) is 2. The molecule has 1 aromatic heterocycles. The SMILES string of the molecule is Cc1oc(=O)oc1COC(=O)[C@@]1(C)C2CC[C@]3(C)[C@H](C(=O)C=C4C5C[C@@](C)(C(=O)O)CC[C@]5(C)CC[C@]43C)[C@@]2(C)CC[C@@H]1OC(=O)C1CCCC1. The number of hydrogen-bond donors (Lipinski definition) is 1. The van der Waals surface area contributed by atoms with E-state index in [-0.39, 0.29) is 64.4 Å². The predicted octanol–water partition coefficient (Wildman–Crippen LogP) is 7.73. The molecule has 0 radical (unpaired) electrons. The number of rotatable bonds is 6. The number of carboxylic acid groups (broad SMARTS) is 1. The molecular weight excluding hydrogens is 652 g/mol.